The second-order valence-electron chi connectivity index (χ2n) is 5.89. The predicted molar refractivity (Wildman–Crippen MR) is 99.0 cm³/mol. The monoisotopic (exact) mass is 363 g/mol. The molecule has 26 heavy (non-hydrogen) atoms. The number of carbonyl (C=O) groups is 1. The number of primary amides is 1. The van der Waals surface area contributed by atoms with Crippen molar-refractivity contribution in [1.82, 2.24) is 19.6 Å². The Hall–Kier alpha value is -3.25. The third-order valence-electron chi connectivity index (χ3n) is 4.04. The maximum atomic E-state index is 11.4. The standard InChI is InChI=1S/C19H14ClN5O/c20-15-3-1-2-12(9-15)8-13-4-6-16(22-10-13)19-24-23-17-7-5-14(18(21)26)11-25(17)19/h1-7,9-11H,8H2,(H2,21,26). The molecule has 1 aromatic carbocycles. The first-order valence-electron chi connectivity index (χ1n) is 7.94. The average Bonchev–Trinajstić information content (AvgIpc) is 3.05. The molecule has 128 valence electrons. The van der Waals surface area contributed by atoms with Crippen molar-refractivity contribution in [3.63, 3.8) is 0 Å². The Kier molecular flexibility index (Phi) is 4.10. The van der Waals surface area contributed by atoms with Gasteiger partial charge in [-0.3, -0.25) is 14.2 Å². The summed E-state index contributed by atoms with van der Waals surface area (Å²) in [4.78, 5) is 15.9. The predicted octanol–water partition coefficient (Wildman–Crippen LogP) is 3.13. The summed E-state index contributed by atoms with van der Waals surface area (Å²) in [5.74, 6) is 0.0498. The largest absolute Gasteiger partial charge is 0.366 e. The first kappa shape index (κ1) is 16.2. The molecule has 0 unspecified atom stereocenters. The van der Waals surface area contributed by atoms with Gasteiger partial charge >= 0.3 is 0 Å². The normalized spacial score (nSPS) is 11.0. The van der Waals surface area contributed by atoms with Crippen LogP contribution in [0.4, 0.5) is 0 Å². The molecular weight excluding hydrogens is 350 g/mol. The SMILES string of the molecule is NC(=O)c1ccc2nnc(-c3ccc(Cc4cccc(Cl)c4)cn3)n2c1. The number of hydrogen-bond donors (Lipinski definition) is 1. The number of pyridine rings is 2. The number of nitrogens with zero attached hydrogens (tertiary/aromatic N) is 4. The Morgan fingerprint density at radius 2 is 1.96 bits per heavy atom. The summed E-state index contributed by atoms with van der Waals surface area (Å²) in [7, 11) is 0. The highest BCUT2D eigenvalue weighted by Gasteiger charge is 2.11. The van der Waals surface area contributed by atoms with Crippen molar-refractivity contribution in [3.05, 3.63) is 82.6 Å². The number of benzene rings is 1. The van der Waals surface area contributed by atoms with E-state index in [2.05, 4.69) is 15.2 Å². The molecular formula is C19H14ClN5O. The highest BCUT2D eigenvalue weighted by atomic mass is 35.5. The number of halogens is 1. The lowest BCUT2D eigenvalue weighted by molar-refractivity contribution is 0.1000. The summed E-state index contributed by atoms with van der Waals surface area (Å²) in [6.07, 6.45) is 4.16. The van der Waals surface area contributed by atoms with Gasteiger partial charge in [-0.1, -0.05) is 29.8 Å². The van der Waals surface area contributed by atoms with Crippen LogP contribution in [0.3, 0.4) is 0 Å². The van der Waals surface area contributed by atoms with E-state index >= 15 is 0 Å². The van der Waals surface area contributed by atoms with Crippen molar-refractivity contribution in [3.8, 4) is 11.5 Å². The van der Waals surface area contributed by atoms with Crippen molar-refractivity contribution in [2.75, 3.05) is 0 Å². The van der Waals surface area contributed by atoms with Gasteiger partial charge < -0.3 is 5.73 Å². The summed E-state index contributed by atoms with van der Waals surface area (Å²) in [6, 6.07) is 14.9. The van der Waals surface area contributed by atoms with Crippen LogP contribution in [-0.2, 0) is 6.42 Å². The van der Waals surface area contributed by atoms with Gasteiger partial charge in [0.1, 0.15) is 5.69 Å². The van der Waals surface area contributed by atoms with Crippen molar-refractivity contribution < 1.29 is 4.79 Å². The molecule has 6 nitrogen and oxygen atoms in total. The first-order valence-corrected chi connectivity index (χ1v) is 8.32. The number of fused-ring (bicyclic) bond motifs is 1. The van der Waals surface area contributed by atoms with E-state index in [1.807, 2.05) is 36.4 Å². The van der Waals surface area contributed by atoms with Crippen LogP contribution in [0.15, 0.2) is 60.9 Å². The molecule has 0 bridgehead atoms. The zero-order valence-electron chi connectivity index (χ0n) is 13.6. The molecule has 0 radical (unpaired) electrons. The maximum absolute atomic E-state index is 11.4. The summed E-state index contributed by atoms with van der Waals surface area (Å²) < 4.78 is 1.71. The number of aromatic nitrogens is 4. The van der Waals surface area contributed by atoms with Gasteiger partial charge in [0.15, 0.2) is 11.5 Å². The van der Waals surface area contributed by atoms with E-state index in [1.165, 1.54) is 0 Å². The number of carbonyl (C=O) groups excluding carboxylic acids is 1. The van der Waals surface area contributed by atoms with Crippen molar-refractivity contribution >= 4 is 23.2 Å². The van der Waals surface area contributed by atoms with Crippen LogP contribution < -0.4 is 5.73 Å². The van der Waals surface area contributed by atoms with Gasteiger partial charge in [0, 0.05) is 17.4 Å². The van der Waals surface area contributed by atoms with Gasteiger partial charge in [-0.25, -0.2) is 0 Å². The lowest BCUT2D eigenvalue weighted by Gasteiger charge is -2.04. The fourth-order valence-corrected chi connectivity index (χ4v) is 2.97. The zero-order chi connectivity index (χ0) is 18.1. The van der Waals surface area contributed by atoms with Gasteiger partial charge in [-0.05, 0) is 47.9 Å². The van der Waals surface area contributed by atoms with E-state index in [4.69, 9.17) is 17.3 Å². The number of rotatable bonds is 4. The summed E-state index contributed by atoms with van der Waals surface area (Å²) in [5, 5.41) is 8.99. The summed E-state index contributed by atoms with van der Waals surface area (Å²) in [6.45, 7) is 0. The van der Waals surface area contributed by atoms with Crippen LogP contribution in [-0.4, -0.2) is 25.5 Å². The van der Waals surface area contributed by atoms with E-state index in [0.717, 1.165) is 17.5 Å². The highest BCUT2D eigenvalue weighted by Crippen LogP contribution is 2.19. The third-order valence-corrected chi connectivity index (χ3v) is 4.27. The van der Waals surface area contributed by atoms with Gasteiger partial charge in [-0.2, -0.15) is 0 Å². The molecule has 0 spiro atoms. The molecule has 0 aliphatic rings. The molecule has 0 saturated heterocycles. The zero-order valence-corrected chi connectivity index (χ0v) is 14.4. The number of amides is 1. The lowest BCUT2D eigenvalue weighted by Crippen LogP contribution is -2.11. The van der Waals surface area contributed by atoms with E-state index in [1.54, 1.807) is 28.9 Å². The number of nitrogens with two attached hydrogens (primary N) is 1. The molecule has 0 saturated carbocycles. The minimum absolute atomic E-state index is 0.385. The molecule has 7 heteroatoms. The van der Waals surface area contributed by atoms with Crippen LogP contribution >= 0.6 is 11.6 Å². The van der Waals surface area contributed by atoms with Crippen LogP contribution in [0.2, 0.25) is 5.02 Å². The van der Waals surface area contributed by atoms with Gasteiger partial charge in [0.05, 0.1) is 5.56 Å². The van der Waals surface area contributed by atoms with Gasteiger partial charge in [0.25, 0.3) is 0 Å². The quantitative estimate of drug-likeness (QED) is 0.603. The van der Waals surface area contributed by atoms with Crippen LogP contribution in [0.25, 0.3) is 17.2 Å². The van der Waals surface area contributed by atoms with Crippen molar-refractivity contribution in [2.45, 2.75) is 6.42 Å². The Bertz CT molecular complexity index is 1100. The minimum atomic E-state index is -0.503. The smallest absolute Gasteiger partial charge is 0.250 e. The summed E-state index contributed by atoms with van der Waals surface area (Å²) >= 11 is 6.03. The first-order chi connectivity index (χ1) is 12.6. The topological polar surface area (TPSA) is 86.2 Å². The Balaban J connectivity index is 1.65. The second kappa shape index (κ2) is 6.57. The molecule has 0 atom stereocenters. The lowest BCUT2D eigenvalue weighted by atomic mass is 10.1. The van der Waals surface area contributed by atoms with E-state index in [-0.39, 0.29) is 0 Å². The van der Waals surface area contributed by atoms with Crippen LogP contribution in [0, 0.1) is 0 Å². The minimum Gasteiger partial charge on any atom is -0.366 e. The average molecular weight is 364 g/mol. The molecule has 3 heterocycles. The molecule has 2 N–H and O–H groups in total. The van der Waals surface area contributed by atoms with Crippen molar-refractivity contribution in [1.29, 1.82) is 0 Å². The second-order valence-corrected chi connectivity index (χ2v) is 6.33. The Labute approximate surface area is 154 Å². The van der Waals surface area contributed by atoms with Gasteiger partial charge in [-0.15, -0.1) is 10.2 Å². The molecule has 4 aromatic rings. The molecule has 4 rings (SSSR count). The third kappa shape index (κ3) is 3.14. The fraction of sp³-hybridized carbons (Fsp3) is 0.0526. The highest BCUT2D eigenvalue weighted by molar-refractivity contribution is 6.30. The van der Waals surface area contributed by atoms with Crippen molar-refractivity contribution in [2.24, 2.45) is 5.73 Å². The molecule has 0 fully saturated rings. The Morgan fingerprint density at radius 1 is 1.08 bits per heavy atom. The molecule has 1 amide bonds. The molecule has 0 aliphatic heterocycles. The maximum Gasteiger partial charge on any atom is 0.250 e. The molecule has 0 aliphatic carbocycles. The summed E-state index contributed by atoms with van der Waals surface area (Å²) in [5.41, 5.74) is 9.19. The van der Waals surface area contributed by atoms with E-state index in [0.29, 0.717) is 27.8 Å². The van der Waals surface area contributed by atoms with Crippen LogP contribution in [0.1, 0.15) is 21.5 Å². The molecule has 3 aromatic heterocycles. The number of hydrogen-bond acceptors (Lipinski definition) is 4. The Morgan fingerprint density at radius 3 is 2.69 bits per heavy atom. The van der Waals surface area contributed by atoms with Gasteiger partial charge in [0.2, 0.25) is 5.91 Å². The fourth-order valence-electron chi connectivity index (χ4n) is 2.76. The van der Waals surface area contributed by atoms with E-state index < -0.39 is 5.91 Å². The van der Waals surface area contributed by atoms with Crippen LogP contribution in [0.5, 0.6) is 0 Å². The van der Waals surface area contributed by atoms with E-state index in [9.17, 15) is 4.79 Å².